The lowest BCUT2D eigenvalue weighted by atomic mass is 10.1. The number of thiophene rings is 1. The molecular weight excluding hydrogens is 468 g/mol. The first-order chi connectivity index (χ1) is 16.7. The van der Waals surface area contributed by atoms with Crippen molar-refractivity contribution < 1.29 is 9.59 Å². The molecule has 2 N–H and O–H groups in total. The van der Waals surface area contributed by atoms with Crippen molar-refractivity contribution >= 4 is 49.8 Å². The summed E-state index contributed by atoms with van der Waals surface area (Å²) in [7, 11) is 0. The highest BCUT2D eigenvalue weighted by Gasteiger charge is 2.20. The van der Waals surface area contributed by atoms with Crippen molar-refractivity contribution in [3.8, 4) is 16.9 Å². The molecule has 0 bridgehead atoms. The first kappa shape index (κ1) is 20.3. The van der Waals surface area contributed by atoms with Gasteiger partial charge in [-0.2, -0.15) is 5.10 Å². The Hall–Kier alpha value is -4.28. The highest BCUT2D eigenvalue weighted by molar-refractivity contribution is 7.21. The molecule has 10 heteroatoms. The van der Waals surface area contributed by atoms with Crippen LogP contribution in [0.1, 0.15) is 20.0 Å². The maximum Gasteiger partial charge on any atom is 0.279 e. The van der Waals surface area contributed by atoms with Gasteiger partial charge in [0.25, 0.3) is 11.8 Å². The van der Waals surface area contributed by atoms with Crippen LogP contribution in [0.5, 0.6) is 0 Å². The number of aromatic nitrogens is 4. The van der Waals surface area contributed by atoms with Crippen LogP contribution in [-0.2, 0) is 0 Å². The number of hydrazine groups is 1. The van der Waals surface area contributed by atoms with Gasteiger partial charge in [0.2, 0.25) is 0 Å². The molecule has 0 spiro atoms. The van der Waals surface area contributed by atoms with Gasteiger partial charge >= 0.3 is 0 Å². The Morgan fingerprint density at radius 2 is 1.65 bits per heavy atom. The second kappa shape index (κ2) is 8.25. The third kappa shape index (κ3) is 3.54. The molecule has 0 atom stereocenters. The van der Waals surface area contributed by atoms with Crippen molar-refractivity contribution in [3.05, 3.63) is 94.9 Å². The molecule has 8 nitrogen and oxygen atoms in total. The lowest BCUT2D eigenvalue weighted by Gasteiger charge is -2.06. The Kier molecular flexibility index (Phi) is 4.93. The molecule has 4 heterocycles. The number of nitrogens with one attached hydrogen (secondary N) is 2. The van der Waals surface area contributed by atoms with Gasteiger partial charge < -0.3 is 0 Å². The second-order valence-electron chi connectivity index (χ2n) is 7.41. The largest absolute Gasteiger partial charge is 0.289 e. The number of hydrogen-bond acceptors (Lipinski definition) is 6. The number of benzene rings is 2. The van der Waals surface area contributed by atoms with Crippen molar-refractivity contribution in [2.24, 2.45) is 0 Å². The van der Waals surface area contributed by atoms with Gasteiger partial charge in [-0.15, -0.1) is 22.7 Å². The number of nitrogens with zero attached hydrogens (tertiary/aromatic N) is 4. The van der Waals surface area contributed by atoms with Crippen LogP contribution in [0, 0.1) is 0 Å². The zero-order valence-electron chi connectivity index (χ0n) is 17.5. The lowest BCUT2D eigenvalue weighted by molar-refractivity contribution is 0.0849. The van der Waals surface area contributed by atoms with Crippen molar-refractivity contribution in [2.45, 2.75) is 0 Å². The van der Waals surface area contributed by atoms with E-state index in [1.54, 1.807) is 16.9 Å². The Morgan fingerprint density at radius 3 is 2.44 bits per heavy atom. The highest BCUT2D eigenvalue weighted by Crippen LogP contribution is 2.28. The third-order valence-electron chi connectivity index (χ3n) is 5.28. The summed E-state index contributed by atoms with van der Waals surface area (Å²) in [6.07, 6.45) is 3.58. The Morgan fingerprint density at radius 1 is 0.912 bits per heavy atom. The first-order valence-electron chi connectivity index (χ1n) is 10.3. The summed E-state index contributed by atoms with van der Waals surface area (Å²) < 4.78 is 3.59. The number of rotatable bonds is 4. The lowest BCUT2D eigenvalue weighted by Crippen LogP contribution is -2.41. The van der Waals surface area contributed by atoms with Crippen LogP contribution < -0.4 is 10.9 Å². The van der Waals surface area contributed by atoms with Gasteiger partial charge in [0, 0.05) is 23.3 Å². The maximum absolute atomic E-state index is 13.1. The number of para-hydroxylation sites is 1. The number of fused-ring (bicyclic) bond motifs is 3. The fourth-order valence-electron chi connectivity index (χ4n) is 3.66. The molecule has 6 rings (SSSR count). The molecule has 2 aromatic carbocycles. The summed E-state index contributed by atoms with van der Waals surface area (Å²) in [4.78, 5) is 32.5. The summed E-state index contributed by atoms with van der Waals surface area (Å²) in [5, 5.41) is 6.58. The molecule has 0 radical (unpaired) electrons. The minimum Gasteiger partial charge on any atom is -0.289 e. The third-order valence-corrected chi connectivity index (χ3v) is 7.05. The number of amides is 2. The van der Waals surface area contributed by atoms with Crippen LogP contribution in [0.15, 0.2) is 84.5 Å². The van der Waals surface area contributed by atoms with Crippen LogP contribution >= 0.6 is 22.7 Å². The topological polar surface area (TPSA) is 93.3 Å². The van der Waals surface area contributed by atoms with E-state index in [1.165, 1.54) is 22.7 Å². The molecule has 0 unspecified atom stereocenters. The molecule has 34 heavy (non-hydrogen) atoms. The van der Waals surface area contributed by atoms with Crippen molar-refractivity contribution in [3.63, 3.8) is 0 Å². The standard InChI is InChI=1S/C24H16N6O2S2/c31-21(26-27-22(32)19-13-18-23(34-19)25-24-29(18)11-12-33-24)17-14-30(16-9-5-2-6-10-16)28-20(17)15-7-3-1-4-8-15/h1-14H,(H,26,31)(H,27,32). The minimum atomic E-state index is -0.460. The van der Waals surface area contributed by atoms with Gasteiger partial charge in [-0.3, -0.25) is 24.8 Å². The smallest absolute Gasteiger partial charge is 0.279 e. The molecule has 0 aliphatic heterocycles. The first-order valence-corrected chi connectivity index (χ1v) is 12.0. The summed E-state index contributed by atoms with van der Waals surface area (Å²) in [5.74, 6) is -0.866. The summed E-state index contributed by atoms with van der Waals surface area (Å²) in [6, 6.07) is 20.8. The fraction of sp³-hybridized carbons (Fsp3) is 0. The predicted molar refractivity (Wildman–Crippen MR) is 132 cm³/mol. The van der Waals surface area contributed by atoms with Gasteiger partial charge in [-0.05, 0) is 18.2 Å². The van der Waals surface area contributed by atoms with E-state index in [0.29, 0.717) is 16.1 Å². The molecule has 166 valence electrons. The van der Waals surface area contributed by atoms with E-state index in [2.05, 4.69) is 20.9 Å². The van der Waals surface area contributed by atoms with Crippen LogP contribution in [0.4, 0.5) is 0 Å². The average molecular weight is 485 g/mol. The van der Waals surface area contributed by atoms with Crippen molar-refractivity contribution in [1.29, 1.82) is 0 Å². The van der Waals surface area contributed by atoms with Gasteiger partial charge in [0.1, 0.15) is 10.5 Å². The molecule has 0 aliphatic carbocycles. The Bertz CT molecular complexity index is 1650. The fourth-order valence-corrected chi connectivity index (χ4v) is 5.36. The van der Waals surface area contributed by atoms with Crippen molar-refractivity contribution in [2.75, 3.05) is 0 Å². The van der Waals surface area contributed by atoms with E-state index in [9.17, 15) is 9.59 Å². The molecule has 2 amide bonds. The zero-order chi connectivity index (χ0) is 23.1. The zero-order valence-corrected chi connectivity index (χ0v) is 19.1. The minimum absolute atomic E-state index is 0.345. The average Bonchev–Trinajstić information content (AvgIpc) is 3.64. The molecule has 6 aromatic rings. The maximum atomic E-state index is 13.1. The van der Waals surface area contributed by atoms with E-state index in [-0.39, 0.29) is 0 Å². The molecule has 4 aromatic heterocycles. The van der Waals surface area contributed by atoms with Crippen LogP contribution in [-0.4, -0.2) is 31.0 Å². The number of imidazole rings is 1. The number of thiazole rings is 1. The predicted octanol–water partition coefficient (Wildman–Crippen LogP) is 4.54. The second-order valence-corrected chi connectivity index (χ2v) is 9.32. The van der Waals surface area contributed by atoms with Gasteiger partial charge in [-0.1, -0.05) is 48.5 Å². The Labute approximate surface area is 201 Å². The van der Waals surface area contributed by atoms with Crippen LogP contribution in [0.25, 0.3) is 32.3 Å². The highest BCUT2D eigenvalue weighted by atomic mass is 32.1. The van der Waals surface area contributed by atoms with E-state index in [1.807, 2.05) is 76.6 Å². The van der Waals surface area contributed by atoms with E-state index >= 15 is 0 Å². The summed E-state index contributed by atoms with van der Waals surface area (Å²) >= 11 is 2.82. The SMILES string of the molecule is O=C(NNC(=O)c1cn(-c2ccccc2)nc1-c1ccccc1)c1cc2c(nc3sccn32)s1. The molecule has 0 fully saturated rings. The van der Waals surface area contributed by atoms with E-state index < -0.39 is 11.8 Å². The summed E-state index contributed by atoms with van der Waals surface area (Å²) in [5.41, 5.74) is 8.41. The van der Waals surface area contributed by atoms with Gasteiger partial charge in [0.05, 0.1) is 21.6 Å². The number of carbonyl (C=O) groups excluding carboxylic acids is 2. The molecular formula is C24H16N6O2S2. The number of hydrogen-bond donors (Lipinski definition) is 2. The number of carbonyl (C=O) groups is 2. The van der Waals surface area contributed by atoms with Crippen LogP contribution in [0.2, 0.25) is 0 Å². The van der Waals surface area contributed by atoms with E-state index in [4.69, 9.17) is 0 Å². The quantitative estimate of drug-likeness (QED) is 0.359. The normalized spacial score (nSPS) is 11.2. The molecule has 0 saturated carbocycles. The van der Waals surface area contributed by atoms with Crippen molar-refractivity contribution in [1.82, 2.24) is 30.0 Å². The van der Waals surface area contributed by atoms with Gasteiger partial charge in [-0.25, -0.2) is 9.67 Å². The molecule has 0 aliphatic rings. The van der Waals surface area contributed by atoms with E-state index in [0.717, 1.165) is 26.6 Å². The monoisotopic (exact) mass is 484 g/mol. The summed E-state index contributed by atoms with van der Waals surface area (Å²) in [6.45, 7) is 0. The van der Waals surface area contributed by atoms with Crippen LogP contribution in [0.3, 0.4) is 0 Å². The Balaban J connectivity index is 1.26. The molecule has 0 saturated heterocycles. The van der Waals surface area contributed by atoms with Gasteiger partial charge in [0.15, 0.2) is 4.96 Å².